The van der Waals surface area contributed by atoms with Gasteiger partial charge in [0.2, 0.25) is 0 Å². The van der Waals surface area contributed by atoms with Gasteiger partial charge >= 0.3 is 6.09 Å². The minimum absolute atomic E-state index is 0.314. The van der Waals surface area contributed by atoms with E-state index >= 15 is 0 Å². The van der Waals surface area contributed by atoms with Gasteiger partial charge in [0.15, 0.2) is 0 Å². The zero-order valence-electron chi connectivity index (χ0n) is 16.2. The number of rotatable bonds is 3. The number of anilines is 1. The number of piperidine rings is 1. The third-order valence-electron chi connectivity index (χ3n) is 4.69. The van der Waals surface area contributed by atoms with Crippen molar-refractivity contribution in [3.05, 3.63) is 42.2 Å². The lowest BCUT2D eigenvalue weighted by Gasteiger charge is -2.40. The van der Waals surface area contributed by atoms with Crippen molar-refractivity contribution < 1.29 is 22.7 Å². The molecule has 8 heteroatoms. The van der Waals surface area contributed by atoms with E-state index in [1.807, 2.05) is 0 Å². The SMILES string of the molecule is CC(C)(C)OC(=O)N1CCC(N(c2ccc(F)c3ccccc23)S(=O)[O-])CC1. The highest BCUT2D eigenvalue weighted by molar-refractivity contribution is 7.80. The van der Waals surface area contributed by atoms with Crippen LogP contribution in [0.2, 0.25) is 0 Å². The topological polar surface area (TPSA) is 72.9 Å². The third kappa shape index (κ3) is 4.44. The first-order valence-corrected chi connectivity index (χ1v) is 10.2. The number of amides is 1. The summed E-state index contributed by atoms with van der Waals surface area (Å²) in [5, 5.41) is 0.919. The van der Waals surface area contributed by atoms with Gasteiger partial charge in [-0.25, -0.2) is 9.18 Å². The van der Waals surface area contributed by atoms with E-state index in [1.165, 1.54) is 16.4 Å². The molecule has 0 aliphatic carbocycles. The normalized spacial score (nSPS) is 16.8. The van der Waals surface area contributed by atoms with Crippen LogP contribution in [0.5, 0.6) is 0 Å². The van der Waals surface area contributed by atoms with Crippen LogP contribution in [0.3, 0.4) is 0 Å². The molecule has 6 nitrogen and oxygen atoms in total. The molecule has 1 saturated heterocycles. The highest BCUT2D eigenvalue weighted by atomic mass is 32.2. The summed E-state index contributed by atoms with van der Waals surface area (Å²) in [6.45, 7) is 6.21. The second kappa shape index (κ2) is 8.05. The molecule has 1 heterocycles. The maximum atomic E-state index is 14.1. The largest absolute Gasteiger partial charge is 0.755 e. The molecular weight excluding hydrogens is 383 g/mol. The van der Waals surface area contributed by atoms with Crippen molar-refractivity contribution in [1.29, 1.82) is 0 Å². The second-order valence-corrected chi connectivity index (χ2v) is 8.68. The summed E-state index contributed by atoms with van der Waals surface area (Å²) < 4.78 is 44.9. The number of hydrogen-bond donors (Lipinski definition) is 0. The van der Waals surface area contributed by atoms with E-state index in [9.17, 15) is 17.9 Å². The first-order chi connectivity index (χ1) is 13.2. The quantitative estimate of drug-likeness (QED) is 0.722. The van der Waals surface area contributed by atoms with E-state index < -0.39 is 28.8 Å². The molecule has 1 aliphatic heterocycles. The lowest BCUT2D eigenvalue weighted by molar-refractivity contribution is 0.0208. The van der Waals surface area contributed by atoms with Gasteiger partial charge < -0.3 is 14.2 Å². The molecule has 1 aliphatic rings. The number of nitrogens with zero attached hydrogens (tertiary/aromatic N) is 2. The molecule has 1 amide bonds. The number of halogens is 1. The summed E-state index contributed by atoms with van der Waals surface area (Å²) >= 11 is -2.53. The summed E-state index contributed by atoms with van der Waals surface area (Å²) in [5.74, 6) is -0.393. The summed E-state index contributed by atoms with van der Waals surface area (Å²) in [6.07, 6.45) is 0.547. The fourth-order valence-electron chi connectivity index (χ4n) is 3.45. The van der Waals surface area contributed by atoms with Crippen LogP contribution in [0.15, 0.2) is 36.4 Å². The minimum atomic E-state index is -2.53. The Labute approximate surface area is 166 Å². The molecule has 3 rings (SSSR count). The molecule has 28 heavy (non-hydrogen) atoms. The van der Waals surface area contributed by atoms with Crippen molar-refractivity contribution in [2.24, 2.45) is 0 Å². The minimum Gasteiger partial charge on any atom is -0.755 e. The molecule has 152 valence electrons. The summed E-state index contributed by atoms with van der Waals surface area (Å²) in [6, 6.07) is 9.27. The average Bonchev–Trinajstić information content (AvgIpc) is 2.63. The smallest absolute Gasteiger partial charge is 0.410 e. The van der Waals surface area contributed by atoms with E-state index in [1.54, 1.807) is 49.9 Å². The number of likely N-dealkylation sites (tertiary alicyclic amines) is 1. The van der Waals surface area contributed by atoms with Gasteiger partial charge in [-0.05, 0) is 45.7 Å². The number of carbonyl (C=O) groups is 1. The zero-order chi connectivity index (χ0) is 20.5. The molecule has 0 bridgehead atoms. The molecule has 2 aromatic rings. The van der Waals surface area contributed by atoms with Gasteiger partial charge in [-0.3, -0.25) is 8.51 Å². The lowest BCUT2D eigenvalue weighted by Crippen LogP contribution is -2.48. The molecule has 0 radical (unpaired) electrons. The predicted octanol–water partition coefficient (Wildman–Crippen LogP) is 3.98. The van der Waals surface area contributed by atoms with Crippen LogP contribution in [0, 0.1) is 5.82 Å². The molecule has 0 N–H and O–H groups in total. The Balaban J connectivity index is 1.82. The standard InChI is InChI=1S/C20H25FN2O4S/c1-20(2,3)27-19(24)22-12-10-14(11-13-22)23(28(25)26)18-9-8-17(21)15-6-4-5-7-16(15)18/h4-9,14H,10-13H2,1-3H3,(H,25,26)/p-1. The fraction of sp³-hybridized carbons (Fsp3) is 0.450. The van der Waals surface area contributed by atoms with Crippen molar-refractivity contribution in [3.63, 3.8) is 0 Å². The lowest BCUT2D eigenvalue weighted by atomic mass is 10.0. The van der Waals surface area contributed by atoms with E-state index in [0.29, 0.717) is 42.4 Å². The fourth-order valence-corrected chi connectivity index (χ4v) is 4.22. The third-order valence-corrected chi connectivity index (χ3v) is 5.51. The van der Waals surface area contributed by atoms with Gasteiger partial charge in [0, 0.05) is 41.2 Å². The van der Waals surface area contributed by atoms with Gasteiger partial charge in [-0.2, -0.15) is 0 Å². The van der Waals surface area contributed by atoms with Crippen LogP contribution in [0.25, 0.3) is 10.8 Å². The monoisotopic (exact) mass is 407 g/mol. The number of hydrogen-bond acceptors (Lipinski definition) is 4. The number of fused-ring (bicyclic) bond motifs is 1. The summed E-state index contributed by atoms with van der Waals surface area (Å²) in [4.78, 5) is 13.8. The molecule has 1 atom stereocenters. The van der Waals surface area contributed by atoms with E-state index in [0.717, 1.165) is 0 Å². The predicted molar refractivity (Wildman–Crippen MR) is 106 cm³/mol. The van der Waals surface area contributed by atoms with Crippen LogP contribution in [-0.2, 0) is 16.0 Å². The van der Waals surface area contributed by atoms with Crippen molar-refractivity contribution in [2.75, 3.05) is 17.4 Å². The van der Waals surface area contributed by atoms with Crippen LogP contribution in [-0.4, -0.2) is 44.5 Å². The van der Waals surface area contributed by atoms with E-state index in [2.05, 4.69) is 0 Å². The first kappa shape index (κ1) is 20.5. The van der Waals surface area contributed by atoms with Crippen LogP contribution < -0.4 is 4.31 Å². The Morgan fingerprint density at radius 3 is 2.36 bits per heavy atom. The van der Waals surface area contributed by atoms with Gasteiger partial charge in [-0.15, -0.1) is 0 Å². The number of carbonyl (C=O) groups excluding carboxylic acids is 1. The van der Waals surface area contributed by atoms with Crippen LogP contribution >= 0.6 is 0 Å². The Hall–Kier alpha value is -2.19. The molecular formula is C20H24FN2O4S-. The van der Waals surface area contributed by atoms with Gasteiger partial charge in [0.25, 0.3) is 0 Å². The Bertz CT molecular complexity index is 891. The number of ether oxygens (including phenoxy) is 1. The van der Waals surface area contributed by atoms with Crippen LogP contribution in [0.4, 0.5) is 14.9 Å². The molecule has 1 unspecified atom stereocenters. The molecule has 0 saturated carbocycles. The summed E-state index contributed by atoms with van der Waals surface area (Å²) in [7, 11) is 0. The second-order valence-electron chi connectivity index (χ2n) is 7.85. The van der Waals surface area contributed by atoms with E-state index in [4.69, 9.17) is 4.74 Å². The van der Waals surface area contributed by atoms with Crippen molar-refractivity contribution in [2.45, 2.75) is 45.3 Å². The average molecular weight is 407 g/mol. The maximum Gasteiger partial charge on any atom is 0.410 e. The Morgan fingerprint density at radius 1 is 1.18 bits per heavy atom. The van der Waals surface area contributed by atoms with Gasteiger partial charge in [0.1, 0.15) is 11.4 Å². The van der Waals surface area contributed by atoms with Crippen molar-refractivity contribution in [3.8, 4) is 0 Å². The van der Waals surface area contributed by atoms with Crippen molar-refractivity contribution >= 4 is 33.8 Å². The Kier molecular flexibility index (Phi) is 5.90. The van der Waals surface area contributed by atoms with Gasteiger partial charge in [0.05, 0.1) is 5.69 Å². The molecule has 2 aromatic carbocycles. The van der Waals surface area contributed by atoms with Crippen molar-refractivity contribution in [1.82, 2.24) is 4.90 Å². The van der Waals surface area contributed by atoms with Gasteiger partial charge in [-0.1, -0.05) is 24.3 Å². The zero-order valence-corrected chi connectivity index (χ0v) is 17.0. The maximum absolute atomic E-state index is 14.1. The molecule has 1 fully saturated rings. The highest BCUT2D eigenvalue weighted by Gasteiger charge is 2.31. The molecule has 0 aromatic heterocycles. The van der Waals surface area contributed by atoms with E-state index in [-0.39, 0.29) is 6.04 Å². The summed E-state index contributed by atoms with van der Waals surface area (Å²) in [5.41, 5.74) is -0.134. The first-order valence-electron chi connectivity index (χ1n) is 9.21. The Morgan fingerprint density at radius 2 is 1.79 bits per heavy atom. The molecule has 0 spiro atoms. The number of benzene rings is 2. The van der Waals surface area contributed by atoms with Crippen LogP contribution in [0.1, 0.15) is 33.6 Å². The highest BCUT2D eigenvalue weighted by Crippen LogP contribution is 2.33.